The molecule has 1 aromatic heterocycles. The van der Waals surface area contributed by atoms with E-state index in [9.17, 15) is 27.9 Å². The first-order valence-electron chi connectivity index (χ1n) is 9.72. The van der Waals surface area contributed by atoms with Crippen molar-refractivity contribution in [3.8, 4) is 11.4 Å². The molecule has 0 spiro atoms. The number of aliphatic hydroxyl groups excluding tert-OH is 1. The van der Waals surface area contributed by atoms with E-state index in [0.717, 1.165) is 4.68 Å². The highest BCUT2D eigenvalue weighted by atomic mass is 19.4. The molecule has 0 saturated heterocycles. The Morgan fingerprint density at radius 2 is 1.97 bits per heavy atom. The summed E-state index contributed by atoms with van der Waals surface area (Å²) in [6.45, 7) is -0.548. The monoisotopic (exact) mass is 438 g/mol. The highest BCUT2D eigenvalue weighted by molar-refractivity contribution is 5.98. The van der Waals surface area contributed by atoms with Crippen molar-refractivity contribution in [2.45, 2.75) is 31.0 Å². The van der Waals surface area contributed by atoms with E-state index in [1.54, 1.807) is 12.1 Å². The zero-order valence-electron chi connectivity index (χ0n) is 16.7. The van der Waals surface area contributed by atoms with E-state index < -0.39 is 29.2 Å². The van der Waals surface area contributed by atoms with Gasteiger partial charge in [0.2, 0.25) is 5.91 Å². The van der Waals surface area contributed by atoms with Gasteiger partial charge in [0.25, 0.3) is 5.91 Å². The van der Waals surface area contributed by atoms with Crippen LogP contribution in [0.1, 0.15) is 34.6 Å². The van der Waals surface area contributed by atoms with Crippen molar-refractivity contribution in [2.75, 3.05) is 26.8 Å². The van der Waals surface area contributed by atoms with Crippen molar-refractivity contribution in [3.63, 3.8) is 0 Å². The van der Waals surface area contributed by atoms with Crippen molar-refractivity contribution < 1.29 is 32.6 Å². The maximum atomic E-state index is 13.6. The van der Waals surface area contributed by atoms with Gasteiger partial charge in [-0.3, -0.25) is 9.59 Å². The van der Waals surface area contributed by atoms with Crippen LogP contribution in [-0.2, 0) is 17.4 Å². The SMILES string of the molecule is COc1ccc(-n2nc(C(F)(F)F)c3c2C(=O)N(CC(=O)NC2(CO)CC2)CC3)cc1. The molecular formula is C20H21F3N4O4. The van der Waals surface area contributed by atoms with Gasteiger partial charge in [0.05, 0.1) is 31.5 Å². The van der Waals surface area contributed by atoms with E-state index in [2.05, 4.69) is 10.4 Å². The number of rotatable bonds is 6. The molecule has 11 heteroatoms. The fourth-order valence-electron chi connectivity index (χ4n) is 3.68. The fourth-order valence-corrected chi connectivity index (χ4v) is 3.68. The zero-order chi connectivity index (χ0) is 22.4. The molecule has 1 fully saturated rings. The normalized spacial score (nSPS) is 17.3. The first-order valence-corrected chi connectivity index (χ1v) is 9.72. The number of nitrogens with one attached hydrogen (secondary N) is 1. The summed E-state index contributed by atoms with van der Waals surface area (Å²) in [5.41, 5.74) is -1.87. The molecule has 8 nitrogen and oxygen atoms in total. The molecule has 2 heterocycles. The van der Waals surface area contributed by atoms with Crippen molar-refractivity contribution in [1.29, 1.82) is 0 Å². The molecule has 2 N–H and O–H groups in total. The maximum Gasteiger partial charge on any atom is 0.435 e. The number of aliphatic hydroxyl groups is 1. The van der Waals surface area contributed by atoms with Crippen LogP contribution in [0, 0.1) is 0 Å². The maximum absolute atomic E-state index is 13.6. The molecule has 1 saturated carbocycles. The smallest absolute Gasteiger partial charge is 0.435 e. The van der Waals surface area contributed by atoms with Gasteiger partial charge in [0.1, 0.15) is 11.4 Å². The second kappa shape index (κ2) is 7.56. The summed E-state index contributed by atoms with van der Waals surface area (Å²) in [6.07, 6.45) is -3.51. The number of nitrogens with zero attached hydrogens (tertiary/aromatic N) is 3. The fraction of sp³-hybridized carbons (Fsp3) is 0.450. The third-order valence-corrected chi connectivity index (χ3v) is 5.59. The molecule has 0 bridgehead atoms. The van der Waals surface area contributed by atoms with Crippen molar-refractivity contribution in [1.82, 2.24) is 20.0 Å². The number of carbonyl (C=O) groups is 2. The van der Waals surface area contributed by atoms with E-state index in [4.69, 9.17) is 4.74 Å². The van der Waals surface area contributed by atoms with Gasteiger partial charge in [-0.1, -0.05) is 0 Å². The van der Waals surface area contributed by atoms with Gasteiger partial charge in [-0.15, -0.1) is 0 Å². The Balaban J connectivity index is 1.66. The number of hydrogen-bond donors (Lipinski definition) is 2. The first kappa shape index (κ1) is 21.2. The predicted molar refractivity (Wildman–Crippen MR) is 102 cm³/mol. The summed E-state index contributed by atoms with van der Waals surface area (Å²) in [4.78, 5) is 26.6. The van der Waals surface area contributed by atoms with Crippen LogP contribution < -0.4 is 10.1 Å². The molecular weight excluding hydrogens is 417 g/mol. The van der Waals surface area contributed by atoms with Crippen LogP contribution in [0.3, 0.4) is 0 Å². The number of hydrogen-bond acceptors (Lipinski definition) is 5. The molecule has 0 radical (unpaired) electrons. The van der Waals surface area contributed by atoms with Crippen LogP contribution in [-0.4, -0.2) is 63.9 Å². The predicted octanol–water partition coefficient (Wildman–Crippen LogP) is 1.54. The number of aromatic nitrogens is 2. The minimum atomic E-state index is -4.72. The van der Waals surface area contributed by atoms with Crippen LogP contribution in [0.5, 0.6) is 5.75 Å². The standard InChI is InChI=1S/C20H21F3N4O4/c1-31-13-4-2-12(3-5-13)27-16-14(17(25-27)20(21,22)23)6-9-26(18(16)30)10-15(29)24-19(11-28)7-8-19/h2-5,28H,6-11H2,1H3,(H,24,29). The van der Waals surface area contributed by atoms with Gasteiger partial charge < -0.3 is 20.1 Å². The van der Waals surface area contributed by atoms with Crippen LogP contribution in [0.15, 0.2) is 24.3 Å². The summed E-state index contributed by atoms with van der Waals surface area (Å²) in [7, 11) is 1.46. The lowest BCUT2D eigenvalue weighted by atomic mass is 10.0. The Kier molecular flexibility index (Phi) is 5.16. The number of halogens is 3. The Morgan fingerprint density at radius 1 is 1.29 bits per heavy atom. The molecule has 4 rings (SSSR count). The van der Waals surface area contributed by atoms with E-state index >= 15 is 0 Å². The van der Waals surface area contributed by atoms with Gasteiger partial charge in [0, 0.05) is 12.1 Å². The molecule has 2 aromatic rings. The van der Waals surface area contributed by atoms with Gasteiger partial charge in [-0.05, 0) is 43.5 Å². The van der Waals surface area contributed by atoms with Crippen LogP contribution in [0.2, 0.25) is 0 Å². The molecule has 0 atom stereocenters. The Morgan fingerprint density at radius 3 is 2.52 bits per heavy atom. The number of carbonyl (C=O) groups excluding carboxylic acids is 2. The van der Waals surface area contributed by atoms with Crippen molar-refractivity contribution in [3.05, 3.63) is 41.2 Å². The number of ether oxygens (including phenoxy) is 1. The van der Waals surface area contributed by atoms with E-state index in [1.807, 2.05) is 0 Å². The number of fused-ring (bicyclic) bond motifs is 1. The number of alkyl halides is 3. The lowest BCUT2D eigenvalue weighted by molar-refractivity contribution is -0.142. The number of methoxy groups -OCH3 is 1. The lowest BCUT2D eigenvalue weighted by Gasteiger charge is -2.28. The molecule has 166 valence electrons. The number of amides is 2. The molecule has 2 aliphatic rings. The van der Waals surface area contributed by atoms with Gasteiger partial charge in [-0.2, -0.15) is 18.3 Å². The van der Waals surface area contributed by atoms with E-state index in [0.29, 0.717) is 18.6 Å². The van der Waals surface area contributed by atoms with Gasteiger partial charge in [-0.25, -0.2) is 4.68 Å². The summed E-state index contributed by atoms with van der Waals surface area (Å²) in [5, 5.41) is 15.8. The average Bonchev–Trinajstić information content (AvgIpc) is 3.38. The van der Waals surface area contributed by atoms with Crippen LogP contribution in [0.25, 0.3) is 5.69 Å². The lowest BCUT2D eigenvalue weighted by Crippen LogP contribution is -2.48. The third-order valence-electron chi connectivity index (χ3n) is 5.59. The molecule has 1 aromatic carbocycles. The van der Waals surface area contributed by atoms with Crippen molar-refractivity contribution >= 4 is 11.8 Å². The molecule has 31 heavy (non-hydrogen) atoms. The summed E-state index contributed by atoms with van der Waals surface area (Å²) in [5.74, 6) is -0.665. The van der Waals surface area contributed by atoms with Crippen LogP contribution in [0.4, 0.5) is 13.2 Å². The van der Waals surface area contributed by atoms with E-state index in [1.165, 1.54) is 24.1 Å². The summed E-state index contributed by atoms with van der Waals surface area (Å²) in [6, 6.07) is 6.12. The minimum absolute atomic E-state index is 0.0389. The summed E-state index contributed by atoms with van der Waals surface area (Å²) >= 11 is 0. The minimum Gasteiger partial charge on any atom is -0.497 e. The zero-order valence-corrected chi connectivity index (χ0v) is 16.7. The third kappa shape index (κ3) is 3.97. The van der Waals surface area contributed by atoms with Gasteiger partial charge in [0.15, 0.2) is 5.69 Å². The Labute approximate surface area is 175 Å². The Hall–Kier alpha value is -3.08. The molecule has 0 unspecified atom stereocenters. The topological polar surface area (TPSA) is 96.7 Å². The van der Waals surface area contributed by atoms with Gasteiger partial charge >= 0.3 is 6.18 Å². The second-order valence-corrected chi connectivity index (χ2v) is 7.75. The largest absolute Gasteiger partial charge is 0.497 e. The molecule has 1 aliphatic heterocycles. The van der Waals surface area contributed by atoms with E-state index in [-0.39, 0.29) is 43.1 Å². The van der Waals surface area contributed by atoms with Crippen LogP contribution >= 0.6 is 0 Å². The highest BCUT2D eigenvalue weighted by Crippen LogP contribution is 2.37. The average molecular weight is 438 g/mol. The first-order chi connectivity index (χ1) is 14.7. The Bertz CT molecular complexity index is 1010. The highest BCUT2D eigenvalue weighted by Gasteiger charge is 2.45. The molecule has 2 amide bonds. The van der Waals surface area contributed by atoms with Crippen molar-refractivity contribution in [2.24, 2.45) is 0 Å². The quantitative estimate of drug-likeness (QED) is 0.713. The summed E-state index contributed by atoms with van der Waals surface area (Å²) < 4.78 is 46.8. The molecule has 1 aliphatic carbocycles. The second-order valence-electron chi connectivity index (χ2n) is 7.75. The number of benzene rings is 1.